The molecule has 0 saturated heterocycles. The average molecular weight is 511 g/mol. The van der Waals surface area contributed by atoms with Crippen molar-refractivity contribution in [2.24, 2.45) is 0 Å². The molecule has 10 heteroatoms. The van der Waals surface area contributed by atoms with Gasteiger partial charge < -0.3 is 26.6 Å². The number of nitrogen functional groups attached to an aromatic ring is 1. The Hall–Kier alpha value is -4.05. The smallest absolute Gasteiger partial charge is 0.319 e. The molecule has 0 saturated carbocycles. The molecule has 0 bridgehead atoms. The quantitative estimate of drug-likeness (QED) is 0.266. The Balaban J connectivity index is 1.71. The fraction of sp³-hybridized carbons (Fsp3) is 0.296. The molecule has 2 aromatic carbocycles. The number of amides is 3. The maximum Gasteiger partial charge on any atom is 0.319 e. The van der Waals surface area contributed by atoms with E-state index in [-0.39, 0.29) is 11.4 Å². The minimum atomic E-state index is -1.05. The molecule has 0 aliphatic carbocycles. The molecule has 0 spiro atoms. The highest BCUT2D eigenvalue weighted by Crippen LogP contribution is 2.21. The molecule has 37 heavy (non-hydrogen) atoms. The lowest BCUT2D eigenvalue weighted by Crippen LogP contribution is -2.33. The molecule has 1 aromatic heterocycles. The average Bonchev–Trinajstić information content (AvgIpc) is 2.89. The highest BCUT2D eigenvalue weighted by atomic mass is 19.2. The number of anilines is 3. The molecular weight excluding hydrogens is 478 g/mol. The van der Waals surface area contributed by atoms with E-state index in [1.807, 2.05) is 0 Å². The van der Waals surface area contributed by atoms with E-state index in [9.17, 15) is 18.4 Å². The zero-order chi connectivity index (χ0) is 26.8. The second-order valence-corrected chi connectivity index (χ2v) is 8.47. The van der Waals surface area contributed by atoms with Gasteiger partial charge in [-0.2, -0.15) is 0 Å². The summed E-state index contributed by atoms with van der Waals surface area (Å²) >= 11 is 0. The summed E-state index contributed by atoms with van der Waals surface area (Å²) in [5, 5.41) is 8.14. The van der Waals surface area contributed by atoms with Gasteiger partial charge in [0, 0.05) is 18.0 Å². The standard InChI is InChI=1S/C27H32F2N6O2/c1-3-35(4-2)15-7-10-23(34-27(37)32-19-12-13-20(28)21(29)16-19)18-11-14-25(31-17-18)26(36)33-24-9-6-5-8-22(24)30/h5-6,8-9,11-14,16-17,23H,3-4,7,10,15,30H2,1-2H3,(H,33,36)(H2,32,34,37). The van der Waals surface area contributed by atoms with E-state index >= 15 is 0 Å². The maximum atomic E-state index is 13.5. The van der Waals surface area contributed by atoms with E-state index < -0.39 is 29.6 Å². The Bertz CT molecular complexity index is 1200. The fourth-order valence-corrected chi connectivity index (χ4v) is 3.82. The van der Waals surface area contributed by atoms with Gasteiger partial charge in [-0.05, 0) is 68.4 Å². The molecule has 0 fully saturated rings. The van der Waals surface area contributed by atoms with Crippen LogP contribution in [0.4, 0.5) is 30.6 Å². The number of rotatable bonds is 11. The predicted octanol–water partition coefficient (Wildman–Crippen LogP) is 5.18. The number of pyridine rings is 1. The Morgan fingerprint density at radius 2 is 1.76 bits per heavy atom. The predicted molar refractivity (Wildman–Crippen MR) is 141 cm³/mol. The molecular formula is C27H32F2N6O2. The monoisotopic (exact) mass is 510 g/mol. The SMILES string of the molecule is CCN(CC)CCCC(NC(=O)Nc1ccc(F)c(F)c1)c1ccc(C(=O)Nc2ccccc2N)nc1. The third kappa shape index (κ3) is 7.97. The van der Waals surface area contributed by atoms with Crippen LogP contribution in [0.1, 0.15) is 48.8 Å². The van der Waals surface area contributed by atoms with Crippen molar-refractivity contribution >= 4 is 29.0 Å². The number of carbonyl (C=O) groups is 2. The van der Waals surface area contributed by atoms with E-state index in [0.717, 1.165) is 38.2 Å². The van der Waals surface area contributed by atoms with Crippen LogP contribution >= 0.6 is 0 Å². The molecule has 1 unspecified atom stereocenters. The van der Waals surface area contributed by atoms with E-state index in [1.165, 1.54) is 6.07 Å². The number of benzene rings is 2. The van der Waals surface area contributed by atoms with Gasteiger partial charge in [-0.25, -0.2) is 13.6 Å². The number of nitrogens with one attached hydrogen (secondary N) is 3. The summed E-state index contributed by atoms with van der Waals surface area (Å²) in [5.41, 5.74) is 7.85. The molecule has 1 atom stereocenters. The molecule has 0 aliphatic rings. The van der Waals surface area contributed by atoms with Gasteiger partial charge in [0.15, 0.2) is 11.6 Å². The largest absolute Gasteiger partial charge is 0.397 e. The fourth-order valence-electron chi connectivity index (χ4n) is 3.82. The second kappa shape index (κ2) is 13.3. The van der Waals surface area contributed by atoms with Crippen LogP contribution in [0, 0.1) is 11.6 Å². The lowest BCUT2D eigenvalue weighted by atomic mass is 10.0. The first kappa shape index (κ1) is 27.5. The van der Waals surface area contributed by atoms with Gasteiger partial charge in [0.25, 0.3) is 5.91 Å². The zero-order valence-corrected chi connectivity index (χ0v) is 20.9. The molecule has 1 heterocycles. The van der Waals surface area contributed by atoms with Crippen molar-refractivity contribution in [2.45, 2.75) is 32.7 Å². The molecule has 3 rings (SSSR count). The Kier molecular flexibility index (Phi) is 9.91. The number of nitrogens with two attached hydrogens (primary N) is 1. The Morgan fingerprint density at radius 1 is 1.00 bits per heavy atom. The highest BCUT2D eigenvalue weighted by Gasteiger charge is 2.18. The summed E-state index contributed by atoms with van der Waals surface area (Å²) in [7, 11) is 0. The first-order chi connectivity index (χ1) is 17.8. The van der Waals surface area contributed by atoms with Crippen LogP contribution in [0.2, 0.25) is 0 Å². The summed E-state index contributed by atoms with van der Waals surface area (Å²) in [4.78, 5) is 31.9. The molecule has 3 aromatic rings. The minimum Gasteiger partial charge on any atom is -0.397 e. The first-order valence-electron chi connectivity index (χ1n) is 12.2. The Labute approximate surface area is 215 Å². The second-order valence-electron chi connectivity index (χ2n) is 8.47. The summed E-state index contributed by atoms with van der Waals surface area (Å²) in [5.74, 6) is -2.46. The van der Waals surface area contributed by atoms with Crippen LogP contribution in [-0.2, 0) is 0 Å². The van der Waals surface area contributed by atoms with E-state index in [1.54, 1.807) is 42.6 Å². The molecule has 196 valence electrons. The van der Waals surface area contributed by atoms with Crippen molar-refractivity contribution in [1.29, 1.82) is 0 Å². The lowest BCUT2D eigenvalue weighted by Gasteiger charge is -2.22. The van der Waals surface area contributed by atoms with Crippen molar-refractivity contribution in [1.82, 2.24) is 15.2 Å². The lowest BCUT2D eigenvalue weighted by molar-refractivity contribution is 0.102. The highest BCUT2D eigenvalue weighted by molar-refractivity contribution is 6.04. The number of halogens is 2. The summed E-state index contributed by atoms with van der Waals surface area (Å²) in [6.45, 7) is 6.86. The Morgan fingerprint density at radius 3 is 2.41 bits per heavy atom. The number of para-hydroxylation sites is 2. The van der Waals surface area contributed by atoms with Gasteiger partial charge in [-0.3, -0.25) is 9.78 Å². The van der Waals surface area contributed by atoms with Crippen LogP contribution in [-0.4, -0.2) is 41.5 Å². The molecule has 5 N–H and O–H groups in total. The zero-order valence-electron chi connectivity index (χ0n) is 20.9. The van der Waals surface area contributed by atoms with Gasteiger partial charge in [-0.1, -0.05) is 32.0 Å². The number of hydrogen-bond donors (Lipinski definition) is 4. The van der Waals surface area contributed by atoms with Gasteiger partial charge in [-0.15, -0.1) is 0 Å². The topological polar surface area (TPSA) is 112 Å². The summed E-state index contributed by atoms with van der Waals surface area (Å²) in [6, 6.07) is 12.4. The minimum absolute atomic E-state index is 0.128. The van der Waals surface area contributed by atoms with Crippen LogP contribution in [0.25, 0.3) is 0 Å². The van der Waals surface area contributed by atoms with Crippen LogP contribution in [0.3, 0.4) is 0 Å². The van der Waals surface area contributed by atoms with Gasteiger partial charge >= 0.3 is 6.03 Å². The number of aromatic nitrogens is 1. The van der Waals surface area contributed by atoms with Gasteiger partial charge in [0.05, 0.1) is 17.4 Å². The van der Waals surface area contributed by atoms with Crippen LogP contribution < -0.4 is 21.7 Å². The van der Waals surface area contributed by atoms with Crippen molar-refractivity contribution in [3.05, 3.63) is 83.7 Å². The van der Waals surface area contributed by atoms with Crippen LogP contribution in [0.15, 0.2) is 60.8 Å². The van der Waals surface area contributed by atoms with Crippen molar-refractivity contribution in [2.75, 3.05) is 36.0 Å². The normalized spacial score (nSPS) is 11.7. The van der Waals surface area contributed by atoms with Gasteiger partial charge in [0.2, 0.25) is 0 Å². The van der Waals surface area contributed by atoms with Crippen molar-refractivity contribution in [3.8, 4) is 0 Å². The number of urea groups is 1. The van der Waals surface area contributed by atoms with Crippen LogP contribution in [0.5, 0.6) is 0 Å². The van der Waals surface area contributed by atoms with E-state index in [0.29, 0.717) is 23.4 Å². The third-order valence-corrected chi connectivity index (χ3v) is 5.97. The first-order valence-corrected chi connectivity index (χ1v) is 12.2. The molecule has 0 aliphatic heterocycles. The maximum absolute atomic E-state index is 13.5. The number of hydrogen-bond acceptors (Lipinski definition) is 5. The molecule has 3 amide bonds. The van der Waals surface area contributed by atoms with E-state index in [2.05, 4.69) is 39.7 Å². The van der Waals surface area contributed by atoms with Crippen molar-refractivity contribution < 1.29 is 18.4 Å². The van der Waals surface area contributed by atoms with Gasteiger partial charge in [0.1, 0.15) is 5.69 Å². The third-order valence-electron chi connectivity index (χ3n) is 5.97. The molecule has 8 nitrogen and oxygen atoms in total. The summed E-state index contributed by atoms with van der Waals surface area (Å²) in [6.07, 6.45) is 2.95. The van der Waals surface area contributed by atoms with E-state index in [4.69, 9.17) is 5.73 Å². The number of carbonyl (C=O) groups excluding carboxylic acids is 2. The summed E-state index contributed by atoms with van der Waals surface area (Å²) < 4.78 is 26.7. The van der Waals surface area contributed by atoms with Crippen molar-refractivity contribution in [3.63, 3.8) is 0 Å². The number of nitrogens with zero attached hydrogens (tertiary/aromatic N) is 2. The molecule has 0 radical (unpaired) electrons.